The molecule has 0 fully saturated rings. The molecule has 20 heavy (non-hydrogen) atoms. The highest BCUT2D eigenvalue weighted by Gasteiger charge is 2.13. The zero-order valence-corrected chi connectivity index (χ0v) is 10.8. The van der Waals surface area contributed by atoms with E-state index in [-0.39, 0.29) is 21.6 Å². The van der Waals surface area contributed by atoms with Gasteiger partial charge in [-0.2, -0.15) is 0 Å². The van der Waals surface area contributed by atoms with Crippen molar-refractivity contribution in [2.45, 2.75) is 0 Å². The molecule has 1 N–H and O–H groups in total. The largest absolute Gasteiger partial charge is 0.333 e. The third kappa shape index (κ3) is 1.83. The Morgan fingerprint density at radius 1 is 1.05 bits per heavy atom. The lowest BCUT2D eigenvalue weighted by molar-refractivity contribution is 0.635. The lowest BCUT2D eigenvalue weighted by Crippen LogP contribution is -2.34. The number of hydrogen-bond acceptors (Lipinski definition) is 2. The first-order chi connectivity index (χ1) is 9.59. The Hall–Kier alpha value is -2.40. The lowest BCUT2D eigenvalue weighted by atomic mass is 10.2. The number of hydrogen-bond donors (Lipinski definition) is 1. The summed E-state index contributed by atoms with van der Waals surface area (Å²) in [6.07, 6.45) is 0. The van der Waals surface area contributed by atoms with Gasteiger partial charge in [0.2, 0.25) is 0 Å². The van der Waals surface area contributed by atoms with Gasteiger partial charge in [0.05, 0.1) is 21.6 Å². The van der Waals surface area contributed by atoms with Gasteiger partial charge in [-0.3, -0.25) is 4.79 Å². The Morgan fingerprint density at radius 2 is 1.80 bits per heavy atom. The molecule has 2 aromatic carbocycles. The first-order valence-corrected chi connectivity index (χ1v) is 6.16. The number of fused-ring (bicyclic) bond motifs is 1. The quantitative estimate of drug-likeness (QED) is 0.748. The van der Waals surface area contributed by atoms with Crippen LogP contribution in [-0.2, 0) is 0 Å². The third-order valence-corrected chi connectivity index (χ3v) is 3.30. The molecule has 3 aromatic rings. The Morgan fingerprint density at radius 3 is 2.55 bits per heavy atom. The molecule has 0 aliphatic carbocycles. The van der Waals surface area contributed by atoms with Crippen LogP contribution >= 0.6 is 11.6 Å². The van der Waals surface area contributed by atoms with Crippen molar-refractivity contribution in [2.75, 3.05) is 0 Å². The van der Waals surface area contributed by atoms with Gasteiger partial charge < -0.3 is 4.98 Å². The van der Waals surface area contributed by atoms with Crippen LogP contribution in [0.1, 0.15) is 0 Å². The molecule has 6 heteroatoms. The number of nitrogens with zero attached hydrogens (tertiary/aromatic N) is 1. The summed E-state index contributed by atoms with van der Waals surface area (Å²) < 4.78 is 14.5. The highest BCUT2D eigenvalue weighted by molar-refractivity contribution is 6.32. The summed E-state index contributed by atoms with van der Waals surface area (Å²) in [5.41, 5.74) is -1.20. The smallest absolute Gasteiger partial charge is 0.304 e. The van der Waals surface area contributed by atoms with Gasteiger partial charge in [0.25, 0.3) is 5.56 Å². The molecule has 0 radical (unpaired) electrons. The first-order valence-electron chi connectivity index (χ1n) is 5.78. The minimum Gasteiger partial charge on any atom is -0.304 e. The Labute approximate surface area is 117 Å². The maximum Gasteiger partial charge on any atom is 0.333 e. The van der Waals surface area contributed by atoms with E-state index in [1.54, 1.807) is 24.3 Å². The normalized spacial score (nSPS) is 10.9. The molecular weight excluding hydrogens is 283 g/mol. The number of nitrogens with one attached hydrogen (secondary N) is 1. The van der Waals surface area contributed by atoms with E-state index in [4.69, 9.17) is 11.6 Å². The maximum atomic E-state index is 13.6. The number of benzene rings is 2. The molecule has 1 heterocycles. The Kier molecular flexibility index (Phi) is 2.91. The molecule has 1 aromatic heterocycles. The SMILES string of the molecule is O=c1[nH]c2c(F)cccc2c(=O)n1-c1ccccc1Cl. The number of halogens is 2. The summed E-state index contributed by atoms with van der Waals surface area (Å²) >= 11 is 6.00. The van der Waals surface area contributed by atoms with Crippen molar-refractivity contribution in [3.63, 3.8) is 0 Å². The molecular formula is C14H8ClFN2O2. The van der Waals surface area contributed by atoms with Crippen molar-refractivity contribution in [1.29, 1.82) is 0 Å². The lowest BCUT2D eigenvalue weighted by Gasteiger charge is -2.08. The second-order valence-corrected chi connectivity index (χ2v) is 4.59. The van der Waals surface area contributed by atoms with Crippen LogP contribution in [0.25, 0.3) is 16.6 Å². The third-order valence-electron chi connectivity index (χ3n) is 2.98. The van der Waals surface area contributed by atoms with Crippen LogP contribution in [0.15, 0.2) is 52.1 Å². The summed E-state index contributed by atoms with van der Waals surface area (Å²) in [4.78, 5) is 26.8. The maximum absolute atomic E-state index is 13.6. The van der Waals surface area contributed by atoms with Crippen LogP contribution in [0.2, 0.25) is 5.02 Å². The number of rotatable bonds is 1. The summed E-state index contributed by atoms with van der Waals surface area (Å²) in [5, 5.41) is 0.348. The Balaban J connectivity index is 2.48. The molecule has 0 saturated carbocycles. The molecule has 3 rings (SSSR count). The molecule has 0 saturated heterocycles. The van der Waals surface area contributed by atoms with Gasteiger partial charge >= 0.3 is 5.69 Å². The van der Waals surface area contributed by atoms with Crippen molar-refractivity contribution < 1.29 is 4.39 Å². The van der Waals surface area contributed by atoms with Gasteiger partial charge in [-0.15, -0.1) is 0 Å². The van der Waals surface area contributed by atoms with E-state index < -0.39 is 17.1 Å². The minimum absolute atomic E-state index is 0.0875. The number of aromatic amines is 1. The number of para-hydroxylation sites is 2. The van der Waals surface area contributed by atoms with Gasteiger partial charge in [-0.1, -0.05) is 29.8 Å². The van der Waals surface area contributed by atoms with Crippen LogP contribution in [0, 0.1) is 5.82 Å². The minimum atomic E-state index is -0.735. The van der Waals surface area contributed by atoms with Gasteiger partial charge in [0, 0.05) is 0 Å². The number of H-pyrrole nitrogens is 1. The summed E-state index contributed by atoms with van der Waals surface area (Å²) in [5.74, 6) is -0.650. The van der Waals surface area contributed by atoms with Crippen LogP contribution in [0.4, 0.5) is 4.39 Å². The standard InChI is InChI=1S/C14H8ClFN2O2/c15-9-5-1-2-7-11(9)18-13(19)8-4-3-6-10(16)12(8)17-14(18)20/h1-7H,(H,17,20). The average Bonchev–Trinajstić information content (AvgIpc) is 2.42. The van der Waals surface area contributed by atoms with Gasteiger partial charge in [0.15, 0.2) is 0 Å². The van der Waals surface area contributed by atoms with Crippen LogP contribution in [0.5, 0.6) is 0 Å². The van der Waals surface area contributed by atoms with Crippen molar-refractivity contribution in [3.05, 3.63) is 74.1 Å². The molecule has 0 unspecified atom stereocenters. The topological polar surface area (TPSA) is 54.9 Å². The van der Waals surface area contributed by atoms with Crippen LogP contribution < -0.4 is 11.2 Å². The van der Waals surface area contributed by atoms with Crippen molar-refractivity contribution in [3.8, 4) is 5.69 Å². The highest BCUT2D eigenvalue weighted by atomic mass is 35.5. The number of aromatic nitrogens is 2. The van der Waals surface area contributed by atoms with Crippen molar-refractivity contribution in [1.82, 2.24) is 9.55 Å². The van der Waals surface area contributed by atoms with E-state index in [9.17, 15) is 14.0 Å². The molecule has 0 bridgehead atoms. The molecule has 0 spiro atoms. The summed E-state index contributed by atoms with van der Waals surface area (Å²) in [7, 11) is 0. The molecule has 0 aliphatic heterocycles. The van der Waals surface area contributed by atoms with E-state index in [1.807, 2.05) is 0 Å². The van der Waals surface area contributed by atoms with E-state index >= 15 is 0 Å². The van der Waals surface area contributed by atoms with Gasteiger partial charge in [-0.05, 0) is 24.3 Å². The fourth-order valence-electron chi connectivity index (χ4n) is 2.06. The van der Waals surface area contributed by atoms with E-state index in [1.165, 1.54) is 18.2 Å². The molecule has 0 amide bonds. The molecule has 4 nitrogen and oxygen atoms in total. The van der Waals surface area contributed by atoms with Gasteiger partial charge in [0.1, 0.15) is 5.82 Å². The Bertz CT molecular complexity index is 930. The predicted octanol–water partition coefficient (Wildman–Crippen LogP) is 2.47. The zero-order valence-electron chi connectivity index (χ0n) is 10.1. The van der Waals surface area contributed by atoms with Crippen LogP contribution in [0.3, 0.4) is 0 Å². The van der Waals surface area contributed by atoms with Crippen LogP contribution in [-0.4, -0.2) is 9.55 Å². The predicted molar refractivity (Wildman–Crippen MR) is 75.1 cm³/mol. The average molecular weight is 291 g/mol. The molecule has 0 aliphatic rings. The van der Waals surface area contributed by atoms with E-state index in [0.717, 1.165) is 4.57 Å². The second kappa shape index (κ2) is 4.61. The monoisotopic (exact) mass is 290 g/mol. The second-order valence-electron chi connectivity index (χ2n) is 4.18. The van der Waals surface area contributed by atoms with Crippen molar-refractivity contribution >= 4 is 22.5 Å². The first kappa shape index (κ1) is 12.6. The van der Waals surface area contributed by atoms with E-state index in [0.29, 0.717) is 0 Å². The molecule has 100 valence electrons. The molecule has 0 atom stereocenters. The van der Waals surface area contributed by atoms with E-state index in [2.05, 4.69) is 4.98 Å². The zero-order chi connectivity index (χ0) is 14.3. The fraction of sp³-hybridized carbons (Fsp3) is 0. The van der Waals surface area contributed by atoms with Gasteiger partial charge in [-0.25, -0.2) is 13.8 Å². The fourth-order valence-corrected chi connectivity index (χ4v) is 2.28. The highest BCUT2D eigenvalue weighted by Crippen LogP contribution is 2.18. The summed E-state index contributed by atoms with van der Waals surface area (Å²) in [6.45, 7) is 0. The summed E-state index contributed by atoms with van der Waals surface area (Å²) in [6, 6.07) is 10.5. The van der Waals surface area contributed by atoms with Crippen molar-refractivity contribution in [2.24, 2.45) is 0 Å².